The number of aryl methyl sites for hydroxylation is 2. The standard InChI is InChI=1S/C14H18N4OS/c1-18-8-9(7-16-18)13(15)14(19)17-11-3-2-4-12-10(11)5-6-20-12/h5-8,11,13H,2-4,15H2,1H3,(H,17,19). The maximum Gasteiger partial charge on any atom is 0.242 e. The predicted molar refractivity (Wildman–Crippen MR) is 78.3 cm³/mol. The van der Waals surface area contributed by atoms with Crippen LogP contribution in [0.5, 0.6) is 0 Å². The zero-order valence-corrected chi connectivity index (χ0v) is 12.2. The molecule has 1 aliphatic rings. The summed E-state index contributed by atoms with van der Waals surface area (Å²) in [7, 11) is 1.81. The summed E-state index contributed by atoms with van der Waals surface area (Å²) >= 11 is 1.77. The summed E-state index contributed by atoms with van der Waals surface area (Å²) in [4.78, 5) is 13.7. The molecule has 2 heterocycles. The van der Waals surface area contributed by atoms with Crippen molar-refractivity contribution >= 4 is 17.2 Å². The third-order valence-corrected chi connectivity index (χ3v) is 4.73. The highest BCUT2D eigenvalue weighted by molar-refractivity contribution is 7.10. The van der Waals surface area contributed by atoms with E-state index in [1.165, 1.54) is 10.4 Å². The van der Waals surface area contributed by atoms with Crippen molar-refractivity contribution in [3.63, 3.8) is 0 Å². The quantitative estimate of drug-likeness (QED) is 0.903. The van der Waals surface area contributed by atoms with Gasteiger partial charge in [-0.15, -0.1) is 11.3 Å². The maximum atomic E-state index is 12.3. The number of aromatic nitrogens is 2. The zero-order chi connectivity index (χ0) is 14.1. The molecule has 5 nitrogen and oxygen atoms in total. The summed E-state index contributed by atoms with van der Waals surface area (Å²) < 4.78 is 1.65. The van der Waals surface area contributed by atoms with Crippen LogP contribution in [0, 0.1) is 0 Å². The van der Waals surface area contributed by atoms with E-state index in [1.807, 2.05) is 7.05 Å². The second kappa shape index (κ2) is 5.38. The number of nitrogens with one attached hydrogen (secondary N) is 1. The summed E-state index contributed by atoms with van der Waals surface area (Å²) in [5, 5.41) is 9.22. The molecule has 0 fully saturated rings. The molecule has 0 saturated heterocycles. The fraction of sp³-hybridized carbons (Fsp3) is 0.429. The zero-order valence-electron chi connectivity index (χ0n) is 11.4. The van der Waals surface area contributed by atoms with Crippen molar-refractivity contribution in [2.24, 2.45) is 12.8 Å². The summed E-state index contributed by atoms with van der Waals surface area (Å²) in [5.74, 6) is -0.137. The van der Waals surface area contributed by atoms with Gasteiger partial charge in [0.25, 0.3) is 0 Å². The summed E-state index contributed by atoms with van der Waals surface area (Å²) in [6.45, 7) is 0. The molecule has 6 heteroatoms. The van der Waals surface area contributed by atoms with E-state index >= 15 is 0 Å². The molecular weight excluding hydrogens is 272 g/mol. The number of nitrogens with zero attached hydrogens (tertiary/aromatic N) is 2. The molecule has 0 bridgehead atoms. The Morgan fingerprint density at radius 2 is 2.50 bits per heavy atom. The third-order valence-electron chi connectivity index (χ3n) is 3.73. The molecule has 20 heavy (non-hydrogen) atoms. The van der Waals surface area contributed by atoms with Crippen molar-refractivity contribution in [3.05, 3.63) is 39.8 Å². The van der Waals surface area contributed by atoms with Crippen molar-refractivity contribution in [3.8, 4) is 0 Å². The normalized spacial score (nSPS) is 19.4. The van der Waals surface area contributed by atoms with Crippen LogP contribution in [0.3, 0.4) is 0 Å². The van der Waals surface area contributed by atoms with Crippen molar-refractivity contribution < 1.29 is 4.79 Å². The van der Waals surface area contributed by atoms with Crippen LogP contribution in [0.1, 0.15) is 40.9 Å². The monoisotopic (exact) mass is 290 g/mol. The van der Waals surface area contributed by atoms with E-state index in [0.29, 0.717) is 0 Å². The van der Waals surface area contributed by atoms with Gasteiger partial charge in [-0.3, -0.25) is 9.48 Å². The minimum absolute atomic E-state index is 0.0974. The Hall–Kier alpha value is -1.66. The molecule has 1 aliphatic carbocycles. The highest BCUT2D eigenvalue weighted by atomic mass is 32.1. The van der Waals surface area contributed by atoms with E-state index in [2.05, 4.69) is 21.9 Å². The van der Waals surface area contributed by atoms with Crippen molar-refractivity contribution in [1.82, 2.24) is 15.1 Å². The number of rotatable bonds is 3. The molecule has 3 N–H and O–H groups in total. The third kappa shape index (κ3) is 2.48. The minimum Gasteiger partial charge on any atom is -0.348 e. The molecule has 0 radical (unpaired) electrons. The largest absolute Gasteiger partial charge is 0.348 e. The van der Waals surface area contributed by atoms with Crippen LogP contribution in [0.2, 0.25) is 0 Å². The fourth-order valence-corrected chi connectivity index (χ4v) is 3.64. The van der Waals surface area contributed by atoms with E-state index in [-0.39, 0.29) is 11.9 Å². The van der Waals surface area contributed by atoms with Crippen LogP contribution in [0.4, 0.5) is 0 Å². The summed E-state index contributed by atoms with van der Waals surface area (Å²) in [6.07, 6.45) is 6.63. The van der Waals surface area contributed by atoms with E-state index in [9.17, 15) is 4.79 Å². The van der Waals surface area contributed by atoms with Gasteiger partial charge in [-0.25, -0.2) is 0 Å². The minimum atomic E-state index is -0.660. The van der Waals surface area contributed by atoms with Crippen LogP contribution in [-0.2, 0) is 18.3 Å². The van der Waals surface area contributed by atoms with Gasteiger partial charge in [0, 0.05) is 23.7 Å². The molecular formula is C14H18N4OS. The number of amides is 1. The average molecular weight is 290 g/mol. The summed E-state index contributed by atoms with van der Waals surface area (Å²) in [5.41, 5.74) is 8.00. The number of carbonyl (C=O) groups excluding carboxylic acids is 1. The number of fused-ring (bicyclic) bond motifs is 1. The summed E-state index contributed by atoms with van der Waals surface area (Å²) in [6, 6.07) is 1.55. The number of hydrogen-bond acceptors (Lipinski definition) is 4. The number of hydrogen-bond donors (Lipinski definition) is 2. The SMILES string of the molecule is Cn1cc(C(N)C(=O)NC2CCCc3sccc32)cn1. The van der Waals surface area contributed by atoms with Gasteiger partial charge in [0.1, 0.15) is 6.04 Å². The molecule has 0 saturated carbocycles. The van der Waals surface area contributed by atoms with Crippen molar-refractivity contribution in [1.29, 1.82) is 0 Å². The molecule has 3 rings (SSSR count). The molecule has 1 amide bonds. The Balaban J connectivity index is 1.71. The smallest absolute Gasteiger partial charge is 0.242 e. The lowest BCUT2D eigenvalue weighted by Crippen LogP contribution is -2.37. The van der Waals surface area contributed by atoms with Crippen LogP contribution in [0.15, 0.2) is 23.8 Å². The van der Waals surface area contributed by atoms with E-state index < -0.39 is 6.04 Å². The first-order chi connectivity index (χ1) is 9.65. The fourth-order valence-electron chi connectivity index (χ4n) is 2.65. The van der Waals surface area contributed by atoms with E-state index in [0.717, 1.165) is 24.8 Å². The molecule has 2 atom stereocenters. The van der Waals surface area contributed by atoms with Gasteiger partial charge in [0.2, 0.25) is 5.91 Å². The van der Waals surface area contributed by atoms with E-state index in [4.69, 9.17) is 5.73 Å². The lowest BCUT2D eigenvalue weighted by atomic mass is 9.93. The molecule has 2 aromatic heterocycles. The molecule has 0 aliphatic heterocycles. The van der Waals surface area contributed by atoms with Gasteiger partial charge in [0.05, 0.1) is 12.2 Å². The Labute approximate surface area is 121 Å². The lowest BCUT2D eigenvalue weighted by molar-refractivity contribution is -0.123. The van der Waals surface area contributed by atoms with E-state index in [1.54, 1.807) is 28.4 Å². The maximum absolute atomic E-state index is 12.3. The second-order valence-corrected chi connectivity index (χ2v) is 6.18. The highest BCUT2D eigenvalue weighted by Gasteiger charge is 2.25. The van der Waals surface area contributed by atoms with Crippen LogP contribution < -0.4 is 11.1 Å². The highest BCUT2D eigenvalue weighted by Crippen LogP contribution is 2.33. The van der Waals surface area contributed by atoms with Crippen LogP contribution in [-0.4, -0.2) is 15.7 Å². The molecule has 2 unspecified atom stereocenters. The Kier molecular flexibility index (Phi) is 3.58. The van der Waals surface area contributed by atoms with Gasteiger partial charge in [-0.1, -0.05) is 0 Å². The molecule has 106 valence electrons. The van der Waals surface area contributed by atoms with Crippen molar-refractivity contribution in [2.75, 3.05) is 0 Å². The second-order valence-electron chi connectivity index (χ2n) is 5.18. The Morgan fingerprint density at radius 1 is 1.65 bits per heavy atom. The average Bonchev–Trinajstić information content (AvgIpc) is 3.06. The molecule has 2 aromatic rings. The Bertz CT molecular complexity index is 618. The molecule has 0 aromatic carbocycles. The van der Waals surface area contributed by atoms with Gasteiger partial charge in [-0.05, 0) is 36.3 Å². The first-order valence-corrected chi connectivity index (χ1v) is 7.64. The van der Waals surface area contributed by atoms with Crippen molar-refractivity contribution in [2.45, 2.75) is 31.3 Å². The Morgan fingerprint density at radius 3 is 3.25 bits per heavy atom. The number of carbonyl (C=O) groups is 1. The molecule has 0 spiro atoms. The first kappa shape index (κ1) is 13.3. The van der Waals surface area contributed by atoms with Gasteiger partial charge < -0.3 is 11.1 Å². The van der Waals surface area contributed by atoms with Gasteiger partial charge in [0.15, 0.2) is 0 Å². The topological polar surface area (TPSA) is 72.9 Å². The first-order valence-electron chi connectivity index (χ1n) is 6.76. The van der Waals surface area contributed by atoms with Gasteiger partial charge in [-0.2, -0.15) is 5.10 Å². The van der Waals surface area contributed by atoms with Crippen LogP contribution in [0.25, 0.3) is 0 Å². The number of nitrogens with two attached hydrogens (primary N) is 1. The lowest BCUT2D eigenvalue weighted by Gasteiger charge is -2.25. The van der Waals surface area contributed by atoms with Crippen LogP contribution >= 0.6 is 11.3 Å². The predicted octanol–water partition coefficient (Wildman–Crippen LogP) is 1.68. The van der Waals surface area contributed by atoms with Gasteiger partial charge >= 0.3 is 0 Å². The number of thiophene rings is 1.